The molecule has 17 heavy (non-hydrogen) atoms. The van der Waals surface area contributed by atoms with Gasteiger partial charge in [-0.2, -0.15) is 0 Å². The molecule has 0 aromatic carbocycles. The predicted octanol–water partition coefficient (Wildman–Crippen LogP) is 0.740. The molecule has 0 amide bonds. The molecule has 1 saturated heterocycles. The molecule has 0 unspecified atom stereocenters. The summed E-state index contributed by atoms with van der Waals surface area (Å²) in [6.07, 6.45) is 2.86. The largest absolute Gasteiger partial charge is 0.475 e. The number of aromatic carboxylic acids is 1. The number of aromatic nitrogens is 1. The molecule has 0 aliphatic carbocycles. The minimum absolute atomic E-state index is 0.177. The number of nitrogens with zero attached hydrogens (tertiary/aromatic N) is 1. The molecule has 0 bridgehead atoms. The van der Waals surface area contributed by atoms with E-state index in [2.05, 4.69) is 4.98 Å². The molecule has 6 nitrogen and oxygen atoms in total. The van der Waals surface area contributed by atoms with Gasteiger partial charge in [0.05, 0.1) is 17.7 Å². The van der Waals surface area contributed by atoms with Gasteiger partial charge in [0, 0.05) is 6.42 Å². The van der Waals surface area contributed by atoms with Gasteiger partial charge in [-0.05, 0) is 18.8 Å². The average Bonchev–Trinajstić information content (AvgIpc) is 2.70. The van der Waals surface area contributed by atoms with E-state index in [4.69, 9.17) is 9.52 Å². The molecule has 1 fully saturated rings. The van der Waals surface area contributed by atoms with E-state index in [1.165, 1.54) is 6.20 Å². The molecule has 94 valence electrons. The average molecular weight is 259 g/mol. The summed E-state index contributed by atoms with van der Waals surface area (Å²) in [5.74, 6) is -0.349. The zero-order chi connectivity index (χ0) is 12.5. The van der Waals surface area contributed by atoms with Crippen LogP contribution in [0.5, 0.6) is 0 Å². The fourth-order valence-corrected chi connectivity index (χ4v) is 3.48. The minimum Gasteiger partial charge on any atom is -0.475 e. The number of rotatable bonds is 3. The van der Waals surface area contributed by atoms with Gasteiger partial charge in [-0.1, -0.05) is 0 Å². The van der Waals surface area contributed by atoms with Gasteiger partial charge in [0.2, 0.25) is 5.76 Å². The molecule has 1 aromatic heterocycles. The van der Waals surface area contributed by atoms with Crippen LogP contribution >= 0.6 is 0 Å². The van der Waals surface area contributed by atoms with Crippen LogP contribution in [-0.2, 0) is 16.3 Å². The lowest BCUT2D eigenvalue weighted by atomic mass is 9.99. The van der Waals surface area contributed by atoms with E-state index in [1.54, 1.807) is 0 Å². The van der Waals surface area contributed by atoms with E-state index in [0.29, 0.717) is 25.2 Å². The van der Waals surface area contributed by atoms with Crippen molar-refractivity contribution in [3.8, 4) is 0 Å². The van der Waals surface area contributed by atoms with Crippen molar-refractivity contribution in [1.82, 2.24) is 4.98 Å². The Morgan fingerprint density at radius 2 is 2.12 bits per heavy atom. The summed E-state index contributed by atoms with van der Waals surface area (Å²) < 4.78 is 27.5. The van der Waals surface area contributed by atoms with Crippen LogP contribution in [0.25, 0.3) is 0 Å². The lowest BCUT2D eigenvalue weighted by Gasteiger charge is -2.20. The SMILES string of the molecule is O=C(O)c1cnc(CC2CCS(=O)(=O)CC2)o1. The summed E-state index contributed by atoms with van der Waals surface area (Å²) in [6.45, 7) is 0. The Morgan fingerprint density at radius 1 is 1.47 bits per heavy atom. The second-order valence-electron chi connectivity index (χ2n) is 4.22. The maximum Gasteiger partial charge on any atom is 0.373 e. The first-order valence-electron chi connectivity index (χ1n) is 5.35. The Labute approximate surface area is 98.6 Å². The molecule has 0 radical (unpaired) electrons. The molecular formula is C10H13NO5S. The molecule has 1 aromatic rings. The lowest BCUT2D eigenvalue weighted by Crippen LogP contribution is -2.24. The minimum atomic E-state index is -2.86. The van der Waals surface area contributed by atoms with Crippen LogP contribution in [0.15, 0.2) is 10.6 Å². The Balaban J connectivity index is 1.95. The van der Waals surface area contributed by atoms with Crippen molar-refractivity contribution in [1.29, 1.82) is 0 Å². The molecule has 0 saturated carbocycles. The third-order valence-electron chi connectivity index (χ3n) is 2.90. The summed E-state index contributed by atoms with van der Waals surface area (Å²) in [5, 5.41) is 8.66. The van der Waals surface area contributed by atoms with Crippen molar-refractivity contribution in [2.24, 2.45) is 5.92 Å². The van der Waals surface area contributed by atoms with Gasteiger partial charge < -0.3 is 9.52 Å². The Bertz CT molecular complexity index is 505. The summed E-state index contributed by atoms with van der Waals surface area (Å²) >= 11 is 0. The monoisotopic (exact) mass is 259 g/mol. The highest BCUT2D eigenvalue weighted by Crippen LogP contribution is 2.22. The normalized spacial score (nSPS) is 20.2. The van der Waals surface area contributed by atoms with Gasteiger partial charge in [0.15, 0.2) is 5.89 Å². The molecular weight excluding hydrogens is 246 g/mol. The number of carbonyl (C=O) groups is 1. The predicted molar refractivity (Wildman–Crippen MR) is 58.5 cm³/mol. The van der Waals surface area contributed by atoms with E-state index in [0.717, 1.165) is 0 Å². The number of sulfone groups is 1. The molecule has 1 aliphatic heterocycles. The smallest absolute Gasteiger partial charge is 0.373 e. The topological polar surface area (TPSA) is 97.5 Å². The van der Waals surface area contributed by atoms with Crippen molar-refractivity contribution in [2.45, 2.75) is 19.3 Å². The summed E-state index contributed by atoms with van der Waals surface area (Å²) in [5.41, 5.74) is 0. The first-order valence-corrected chi connectivity index (χ1v) is 7.17. The number of carboxylic acids is 1. The van der Waals surface area contributed by atoms with Crippen LogP contribution in [0.4, 0.5) is 0 Å². The van der Waals surface area contributed by atoms with Crippen LogP contribution in [0.3, 0.4) is 0 Å². The highest BCUT2D eigenvalue weighted by molar-refractivity contribution is 7.91. The van der Waals surface area contributed by atoms with E-state index in [1.807, 2.05) is 0 Å². The fourth-order valence-electron chi connectivity index (χ4n) is 1.89. The Kier molecular flexibility index (Phi) is 3.19. The Morgan fingerprint density at radius 3 is 2.65 bits per heavy atom. The van der Waals surface area contributed by atoms with Gasteiger partial charge in [0.1, 0.15) is 9.84 Å². The summed E-state index contributed by atoms with van der Waals surface area (Å²) in [6, 6.07) is 0. The standard InChI is InChI=1S/C10H13NO5S/c12-10(13)8-6-11-9(16-8)5-7-1-3-17(14,15)4-2-7/h6-7H,1-5H2,(H,12,13). The molecule has 7 heteroatoms. The van der Waals surface area contributed by atoms with Crippen LogP contribution < -0.4 is 0 Å². The number of hydrogen-bond donors (Lipinski definition) is 1. The van der Waals surface area contributed by atoms with Gasteiger partial charge in [-0.15, -0.1) is 0 Å². The zero-order valence-electron chi connectivity index (χ0n) is 9.13. The third kappa shape index (κ3) is 3.06. The maximum absolute atomic E-state index is 11.2. The van der Waals surface area contributed by atoms with Gasteiger partial charge in [0.25, 0.3) is 0 Å². The third-order valence-corrected chi connectivity index (χ3v) is 4.62. The molecule has 1 aliphatic rings. The number of oxazole rings is 1. The molecule has 1 N–H and O–H groups in total. The highest BCUT2D eigenvalue weighted by Gasteiger charge is 2.25. The fraction of sp³-hybridized carbons (Fsp3) is 0.600. The van der Waals surface area contributed by atoms with Crippen LogP contribution in [0, 0.1) is 5.92 Å². The quantitative estimate of drug-likeness (QED) is 0.859. The maximum atomic E-state index is 11.2. The second-order valence-corrected chi connectivity index (χ2v) is 6.53. The van der Waals surface area contributed by atoms with Gasteiger partial charge in [-0.25, -0.2) is 18.2 Å². The van der Waals surface area contributed by atoms with E-state index in [9.17, 15) is 13.2 Å². The van der Waals surface area contributed by atoms with Crippen molar-refractivity contribution in [3.63, 3.8) is 0 Å². The Hall–Kier alpha value is -1.37. The van der Waals surface area contributed by atoms with E-state index < -0.39 is 15.8 Å². The van der Waals surface area contributed by atoms with Gasteiger partial charge in [-0.3, -0.25) is 0 Å². The molecule has 0 spiro atoms. The molecule has 2 rings (SSSR count). The van der Waals surface area contributed by atoms with Crippen molar-refractivity contribution in [3.05, 3.63) is 17.8 Å². The molecule has 0 atom stereocenters. The van der Waals surface area contributed by atoms with Crippen LogP contribution in [0.1, 0.15) is 29.3 Å². The van der Waals surface area contributed by atoms with Gasteiger partial charge >= 0.3 is 5.97 Å². The van der Waals surface area contributed by atoms with E-state index in [-0.39, 0.29) is 23.2 Å². The first kappa shape index (κ1) is 12.1. The summed E-state index contributed by atoms with van der Waals surface area (Å²) in [4.78, 5) is 14.4. The van der Waals surface area contributed by atoms with E-state index >= 15 is 0 Å². The molecule has 2 heterocycles. The lowest BCUT2D eigenvalue weighted by molar-refractivity contribution is 0.0660. The zero-order valence-corrected chi connectivity index (χ0v) is 9.94. The second kappa shape index (κ2) is 4.48. The number of hydrogen-bond acceptors (Lipinski definition) is 5. The van der Waals surface area contributed by atoms with Crippen molar-refractivity contribution in [2.75, 3.05) is 11.5 Å². The van der Waals surface area contributed by atoms with Crippen LogP contribution in [-0.4, -0.2) is 36.0 Å². The van der Waals surface area contributed by atoms with Crippen LogP contribution in [0.2, 0.25) is 0 Å². The first-order chi connectivity index (χ1) is 7.96. The van der Waals surface area contributed by atoms with Crippen molar-refractivity contribution < 1.29 is 22.7 Å². The number of carboxylic acid groups (broad SMARTS) is 1. The summed E-state index contributed by atoms with van der Waals surface area (Å²) in [7, 11) is -2.86. The van der Waals surface area contributed by atoms with Crippen molar-refractivity contribution >= 4 is 15.8 Å². The highest BCUT2D eigenvalue weighted by atomic mass is 32.2.